The van der Waals surface area contributed by atoms with Crippen LogP contribution < -0.4 is 10.1 Å². The van der Waals surface area contributed by atoms with Gasteiger partial charge in [-0.25, -0.2) is 0 Å². The molecular weight excluding hydrogens is 468 g/mol. The Balaban J connectivity index is 1.34. The second-order valence-corrected chi connectivity index (χ2v) is 10.8. The molecule has 3 rings (SSSR count). The number of amides is 1. The third kappa shape index (κ3) is 8.35. The first-order valence-electron chi connectivity index (χ1n) is 12.4. The Morgan fingerprint density at radius 3 is 2.50 bits per heavy atom. The van der Waals surface area contributed by atoms with Crippen molar-refractivity contribution in [2.24, 2.45) is 11.8 Å². The molecule has 0 unspecified atom stereocenters. The lowest BCUT2D eigenvalue weighted by atomic mass is 9.83. The van der Waals surface area contributed by atoms with Gasteiger partial charge in [-0.05, 0) is 120 Å². The highest BCUT2D eigenvalue weighted by Crippen LogP contribution is 2.30. The lowest BCUT2D eigenvalue weighted by molar-refractivity contribution is -0.125. The Bertz CT molecular complexity index is 711. The third-order valence-electron chi connectivity index (χ3n) is 6.95. The maximum Gasteiger partial charge on any atom is 0.246 e. The number of piperidine rings is 1. The molecule has 1 amide bonds. The normalized spacial score (nSPS) is 22.8. The van der Waals surface area contributed by atoms with E-state index in [-0.39, 0.29) is 18.6 Å². The second kappa shape index (κ2) is 13.0. The largest absolute Gasteiger partial charge is 0.491 e. The molecule has 1 saturated heterocycles. The highest BCUT2D eigenvalue weighted by atomic mass is 79.9. The number of hydrogen-bond donors (Lipinski definition) is 1. The first kappa shape index (κ1) is 25.5. The molecule has 0 aromatic heterocycles. The van der Waals surface area contributed by atoms with E-state index in [9.17, 15) is 4.79 Å². The Hall–Kier alpha value is -1.11. The van der Waals surface area contributed by atoms with Gasteiger partial charge in [0.15, 0.2) is 0 Å². The molecule has 5 nitrogen and oxygen atoms in total. The fraction of sp³-hybridized carbons (Fsp3) is 0.731. The molecule has 0 spiro atoms. The molecule has 0 bridgehead atoms. The molecule has 180 valence electrons. The van der Waals surface area contributed by atoms with Crippen molar-refractivity contribution >= 4 is 21.8 Å². The van der Waals surface area contributed by atoms with Crippen molar-refractivity contribution in [1.82, 2.24) is 10.2 Å². The summed E-state index contributed by atoms with van der Waals surface area (Å²) in [6, 6.07) is 6.73. The number of carbonyl (C=O) groups is 1. The summed E-state index contributed by atoms with van der Waals surface area (Å²) >= 11 is 3.73. The highest BCUT2D eigenvalue weighted by Gasteiger charge is 2.24. The van der Waals surface area contributed by atoms with Crippen molar-refractivity contribution in [1.29, 1.82) is 0 Å². The minimum absolute atomic E-state index is 0.0185. The van der Waals surface area contributed by atoms with E-state index in [1.165, 1.54) is 61.8 Å². The Morgan fingerprint density at radius 1 is 1.12 bits per heavy atom. The van der Waals surface area contributed by atoms with Crippen LogP contribution in [0.1, 0.15) is 64.4 Å². The molecular formula is C26H41BrN2O3. The molecule has 1 aliphatic heterocycles. The maximum absolute atomic E-state index is 11.7. The van der Waals surface area contributed by atoms with Crippen LogP contribution >= 0.6 is 15.9 Å². The Morgan fingerprint density at radius 2 is 1.84 bits per heavy atom. The molecule has 1 aromatic carbocycles. The number of rotatable bonds is 10. The van der Waals surface area contributed by atoms with Gasteiger partial charge in [0, 0.05) is 17.6 Å². The van der Waals surface area contributed by atoms with Gasteiger partial charge in [-0.15, -0.1) is 0 Å². The summed E-state index contributed by atoms with van der Waals surface area (Å²) in [4.78, 5) is 14.4. The molecule has 0 atom stereocenters. The number of likely N-dealkylation sites (tertiary alicyclic amines) is 1. The SMILES string of the molecule is COCC(=O)N[C@H]1CC[C@H](CCN2CCC(Cc3cc(OC(C)C)ccc3Br)CC2)CC1. The van der Waals surface area contributed by atoms with E-state index in [1.807, 2.05) is 0 Å². The Labute approximate surface area is 202 Å². The summed E-state index contributed by atoms with van der Waals surface area (Å²) < 4.78 is 12.0. The molecule has 1 saturated carbocycles. The molecule has 1 heterocycles. The van der Waals surface area contributed by atoms with E-state index in [0.29, 0.717) is 6.04 Å². The number of nitrogens with one attached hydrogen (secondary N) is 1. The summed E-state index contributed by atoms with van der Waals surface area (Å²) in [5, 5.41) is 3.10. The molecule has 1 N–H and O–H groups in total. The van der Waals surface area contributed by atoms with E-state index < -0.39 is 0 Å². The number of halogens is 1. The zero-order valence-corrected chi connectivity index (χ0v) is 21.7. The van der Waals surface area contributed by atoms with Crippen molar-refractivity contribution in [2.75, 3.05) is 33.4 Å². The summed E-state index contributed by atoms with van der Waals surface area (Å²) in [7, 11) is 1.57. The molecule has 0 radical (unpaired) electrons. The molecule has 6 heteroatoms. The fourth-order valence-electron chi connectivity index (χ4n) is 5.14. The maximum atomic E-state index is 11.7. The molecule has 32 heavy (non-hydrogen) atoms. The van der Waals surface area contributed by atoms with Crippen molar-refractivity contribution < 1.29 is 14.3 Å². The Kier molecular flexibility index (Phi) is 10.3. The van der Waals surface area contributed by atoms with Crippen molar-refractivity contribution in [3.05, 3.63) is 28.2 Å². The predicted molar refractivity (Wildman–Crippen MR) is 133 cm³/mol. The topological polar surface area (TPSA) is 50.8 Å². The number of benzene rings is 1. The zero-order valence-electron chi connectivity index (χ0n) is 20.1. The minimum Gasteiger partial charge on any atom is -0.491 e. The smallest absolute Gasteiger partial charge is 0.246 e. The van der Waals surface area contributed by atoms with Gasteiger partial charge in [-0.2, -0.15) is 0 Å². The second-order valence-electron chi connectivity index (χ2n) is 9.92. The van der Waals surface area contributed by atoms with Gasteiger partial charge in [0.2, 0.25) is 5.91 Å². The van der Waals surface area contributed by atoms with Crippen LogP contribution in [0.4, 0.5) is 0 Å². The van der Waals surface area contributed by atoms with E-state index >= 15 is 0 Å². The highest BCUT2D eigenvalue weighted by molar-refractivity contribution is 9.10. The quantitative estimate of drug-likeness (QED) is 0.471. The van der Waals surface area contributed by atoms with Gasteiger partial charge in [0.1, 0.15) is 12.4 Å². The van der Waals surface area contributed by atoms with Gasteiger partial charge < -0.3 is 19.7 Å². The summed E-state index contributed by atoms with van der Waals surface area (Å²) in [6.07, 6.45) is 9.87. The van der Waals surface area contributed by atoms with Gasteiger partial charge >= 0.3 is 0 Å². The van der Waals surface area contributed by atoms with Crippen molar-refractivity contribution in [3.63, 3.8) is 0 Å². The number of ether oxygens (including phenoxy) is 2. The number of nitrogens with zero attached hydrogens (tertiary/aromatic N) is 1. The van der Waals surface area contributed by atoms with Crippen LogP contribution in [0.5, 0.6) is 5.75 Å². The van der Waals surface area contributed by atoms with Crippen molar-refractivity contribution in [3.8, 4) is 5.75 Å². The standard InChI is InChI=1S/C26H41BrN2O3/c1-19(2)32-24-8-9-25(27)22(17-24)16-21-11-14-29(15-12-21)13-10-20-4-6-23(7-5-20)28-26(30)18-31-3/h8-9,17,19-21,23H,4-7,10-16,18H2,1-3H3,(H,28,30)/t20-,23-. The van der Waals surface area contributed by atoms with Crippen LogP contribution in [-0.2, 0) is 16.0 Å². The zero-order chi connectivity index (χ0) is 22.9. The summed E-state index contributed by atoms with van der Waals surface area (Å²) in [5.74, 6) is 2.56. The van der Waals surface area contributed by atoms with Gasteiger partial charge in [-0.1, -0.05) is 15.9 Å². The third-order valence-corrected chi connectivity index (χ3v) is 7.72. The van der Waals surface area contributed by atoms with Crippen LogP contribution in [0.15, 0.2) is 22.7 Å². The van der Waals surface area contributed by atoms with E-state index in [4.69, 9.17) is 9.47 Å². The average molecular weight is 510 g/mol. The van der Waals surface area contributed by atoms with Gasteiger partial charge in [-0.3, -0.25) is 4.79 Å². The summed E-state index contributed by atoms with van der Waals surface area (Å²) in [5.41, 5.74) is 1.37. The average Bonchev–Trinajstić information content (AvgIpc) is 2.76. The number of methoxy groups -OCH3 is 1. The molecule has 1 aromatic rings. The lowest BCUT2D eigenvalue weighted by Crippen LogP contribution is -2.40. The summed E-state index contributed by atoms with van der Waals surface area (Å²) in [6.45, 7) is 7.97. The minimum atomic E-state index is 0.0185. The molecule has 2 fully saturated rings. The lowest BCUT2D eigenvalue weighted by Gasteiger charge is -2.34. The van der Waals surface area contributed by atoms with Crippen LogP contribution in [0.25, 0.3) is 0 Å². The van der Waals surface area contributed by atoms with E-state index in [1.54, 1.807) is 7.11 Å². The van der Waals surface area contributed by atoms with Gasteiger partial charge in [0.05, 0.1) is 6.10 Å². The number of carbonyl (C=O) groups excluding carboxylic acids is 1. The first-order chi connectivity index (χ1) is 15.4. The fourth-order valence-corrected chi connectivity index (χ4v) is 5.55. The van der Waals surface area contributed by atoms with E-state index in [0.717, 1.165) is 36.8 Å². The first-order valence-corrected chi connectivity index (χ1v) is 13.2. The molecule has 1 aliphatic carbocycles. The molecule has 2 aliphatic rings. The van der Waals surface area contributed by atoms with Crippen LogP contribution in [0, 0.1) is 11.8 Å². The van der Waals surface area contributed by atoms with Crippen LogP contribution in [0.3, 0.4) is 0 Å². The number of hydrogen-bond acceptors (Lipinski definition) is 4. The monoisotopic (exact) mass is 508 g/mol. The predicted octanol–water partition coefficient (Wildman–Crippen LogP) is 5.20. The van der Waals surface area contributed by atoms with Crippen molar-refractivity contribution in [2.45, 2.75) is 77.4 Å². The van der Waals surface area contributed by atoms with Gasteiger partial charge in [0.25, 0.3) is 0 Å². The van der Waals surface area contributed by atoms with E-state index in [2.05, 4.69) is 58.2 Å². The van der Waals surface area contributed by atoms with Crippen LogP contribution in [-0.4, -0.2) is 56.3 Å². The van der Waals surface area contributed by atoms with Crippen LogP contribution in [0.2, 0.25) is 0 Å².